The van der Waals surface area contributed by atoms with Crippen molar-refractivity contribution in [2.75, 3.05) is 24.6 Å². The molecule has 20 heavy (non-hydrogen) atoms. The van der Waals surface area contributed by atoms with E-state index < -0.39 is 15.8 Å². The van der Waals surface area contributed by atoms with E-state index in [1.807, 2.05) is 12.1 Å². The van der Waals surface area contributed by atoms with Crippen LogP contribution in [0.5, 0.6) is 0 Å². The SMILES string of the molecule is O=C(O)/C=C/c1ccc(CN2CCCS(=O)(=O)CC2)s1. The number of aliphatic carboxylic acids is 1. The Kier molecular flexibility index (Phi) is 4.95. The molecule has 2 heterocycles. The summed E-state index contributed by atoms with van der Waals surface area (Å²) >= 11 is 1.53. The number of rotatable bonds is 4. The van der Waals surface area contributed by atoms with E-state index in [2.05, 4.69) is 4.90 Å². The van der Waals surface area contributed by atoms with Gasteiger partial charge in [0.05, 0.1) is 11.5 Å². The van der Waals surface area contributed by atoms with Crippen molar-refractivity contribution in [2.45, 2.75) is 13.0 Å². The summed E-state index contributed by atoms with van der Waals surface area (Å²) in [6, 6.07) is 3.85. The van der Waals surface area contributed by atoms with Gasteiger partial charge < -0.3 is 5.11 Å². The summed E-state index contributed by atoms with van der Waals surface area (Å²) in [5.74, 6) is -0.456. The molecule has 1 aliphatic rings. The zero-order valence-electron chi connectivity index (χ0n) is 11.0. The van der Waals surface area contributed by atoms with Gasteiger partial charge in [-0.15, -0.1) is 11.3 Å². The largest absolute Gasteiger partial charge is 0.478 e. The van der Waals surface area contributed by atoms with Gasteiger partial charge >= 0.3 is 5.97 Å². The second-order valence-electron chi connectivity index (χ2n) is 4.76. The molecule has 1 aromatic heterocycles. The smallest absolute Gasteiger partial charge is 0.328 e. The maximum atomic E-state index is 11.5. The van der Waals surface area contributed by atoms with Gasteiger partial charge in [0.25, 0.3) is 0 Å². The minimum absolute atomic E-state index is 0.226. The van der Waals surface area contributed by atoms with Gasteiger partial charge in [0.2, 0.25) is 0 Å². The maximum Gasteiger partial charge on any atom is 0.328 e. The highest BCUT2D eigenvalue weighted by atomic mass is 32.2. The molecule has 1 fully saturated rings. The first-order valence-corrected chi connectivity index (χ1v) is 9.01. The quantitative estimate of drug-likeness (QED) is 0.852. The Labute approximate surface area is 122 Å². The summed E-state index contributed by atoms with van der Waals surface area (Å²) in [7, 11) is -2.87. The third-order valence-corrected chi connectivity index (χ3v) is 5.85. The fourth-order valence-electron chi connectivity index (χ4n) is 2.09. The van der Waals surface area contributed by atoms with Crippen molar-refractivity contribution in [1.82, 2.24) is 4.90 Å². The van der Waals surface area contributed by atoms with Gasteiger partial charge in [-0.2, -0.15) is 0 Å². The number of sulfone groups is 1. The van der Waals surface area contributed by atoms with E-state index in [9.17, 15) is 13.2 Å². The zero-order valence-corrected chi connectivity index (χ0v) is 12.6. The summed E-state index contributed by atoms with van der Waals surface area (Å²) in [6.45, 7) is 2.08. The topological polar surface area (TPSA) is 74.7 Å². The molecule has 0 saturated carbocycles. The van der Waals surface area contributed by atoms with Gasteiger partial charge in [0, 0.05) is 28.9 Å². The number of carboxylic acids is 1. The average molecular weight is 315 g/mol. The van der Waals surface area contributed by atoms with Crippen molar-refractivity contribution in [1.29, 1.82) is 0 Å². The second-order valence-corrected chi connectivity index (χ2v) is 8.26. The van der Waals surface area contributed by atoms with Crippen molar-refractivity contribution in [3.05, 3.63) is 28.0 Å². The monoisotopic (exact) mass is 315 g/mol. The van der Waals surface area contributed by atoms with Crippen molar-refractivity contribution in [3.8, 4) is 0 Å². The third-order valence-electron chi connectivity index (χ3n) is 3.10. The molecule has 0 unspecified atom stereocenters. The molecule has 0 bridgehead atoms. The summed E-state index contributed by atoms with van der Waals surface area (Å²) in [4.78, 5) is 14.6. The molecule has 0 radical (unpaired) electrons. The maximum absolute atomic E-state index is 11.5. The highest BCUT2D eigenvalue weighted by Gasteiger charge is 2.19. The van der Waals surface area contributed by atoms with Gasteiger partial charge in [0.15, 0.2) is 9.84 Å². The minimum atomic E-state index is -2.87. The molecule has 110 valence electrons. The van der Waals surface area contributed by atoms with Gasteiger partial charge in [-0.25, -0.2) is 13.2 Å². The van der Waals surface area contributed by atoms with E-state index in [1.165, 1.54) is 11.3 Å². The van der Waals surface area contributed by atoms with Crippen LogP contribution in [0.2, 0.25) is 0 Å². The van der Waals surface area contributed by atoms with E-state index in [1.54, 1.807) is 6.08 Å². The Bertz CT molecular complexity index is 604. The lowest BCUT2D eigenvalue weighted by Crippen LogP contribution is -2.26. The van der Waals surface area contributed by atoms with E-state index >= 15 is 0 Å². The lowest BCUT2D eigenvalue weighted by atomic mass is 10.3. The van der Waals surface area contributed by atoms with Crippen LogP contribution in [0, 0.1) is 0 Å². The van der Waals surface area contributed by atoms with Crippen molar-refractivity contribution in [2.24, 2.45) is 0 Å². The lowest BCUT2D eigenvalue weighted by molar-refractivity contribution is -0.131. The van der Waals surface area contributed by atoms with Crippen LogP contribution >= 0.6 is 11.3 Å². The molecular weight excluding hydrogens is 298 g/mol. The molecule has 0 aliphatic carbocycles. The number of hydrogen-bond acceptors (Lipinski definition) is 5. The van der Waals surface area contributed by atoms with Crippen LogP contribution in [-0.4, -0.2) is 49.0 Å². The van der Waals surface area contributed by atoms with Crippen molar-refractivity contribution < 1.29 is 18.3 Å². The Balaban J connectivity index is 1.95. The molecule has 1 aromatic rings. The average Bonchev–Trinajstić information content (AvgIpc) is 2.73. The van der Waals surface area contributed by atoms with Gasteiger partial charge in [-0.3, -0.25) is 4.90 Å². The fourth-order valence-corrected chi connectivity index (χ4v) is 4.36. The Morgan fingerprint density at radius 2 is 2.15 bits per heavy atom. The Morgan fingerprint density at radius 3 is 2.90 bits per heavy atom. The second kappa shape index (κ2) is 6.51. The van der Waals surface area contributed by atoms with E-state index in [0.29, 0.717) is 13.0 Å². The first-order valence-electron chi connectivity index (χ1n) is 6.37. The van der Waals surface area contributed by atoms with Crippen LogP contribution in [0.15, 0.2) is 18.2 Å². The highest BCUT2D eigenvalue weighted by molar-refractivity contribution is 7.91. The van der Waals surface area contributed by atoms with Crippen LogP contribution in [0.1, 0.15) is 16.2 Å². The van der Waals surface area contributed by atoms with E-state index in [4.69, 9.17) is 5.11 Å². The normalized spacial score (nSPS) is 20.0. The molecule has 0 spiro atoms. The van der Waals surface area contributed by atoms with Crippen LogP contribution in [-0.2, 0) is 21.2 Å². The minimum Gasteiger partial charge on any atom is -0.478 e. The number of hydrogen-bond donors (Lipinski definition) is 1. The standard InChI is InChI=1S/C13H17NO4S2/c15-13(16)5-4-11-2-3-12(19-11)10-14-6-1-8-20(17,18)9-7-14/h2-5H,1,6-10H2,(H,15,16)/b5-4+. The third kappa shape index (κ3) is 4.73. The molecular formula is C13H17NO4S2. The van der Waals surface area contributed by atoms with Crippen LogP contribution in [0.25, 0.3) is 6.08 Å². The van der Waals surface area contributed by atoms with Crippen LogP contribution in [0.3, 0.4) is 0 Å². The van der Waals surface area contributed by atoms with Crippen LogP contribution < -0.4 is 0 Å². The molecule has 1 N–H and O–H groups in total. The molecule has 1 saturated heterocycles. The van der Waals surface area contributed by atoms with Gasteiger partial charge in [-0.05, 0) is 31.2 Å². The summed E-state index contributed by atoms with van der Waals surface area (Å²) in [6.07, 6.45) is 3.37. The number of thiophene rings is 1. The van der Waals surface area contributed by atoms with Gasteiger partial charge in [-0.1, -0.05) is 0 Å². The summed E-state index contributed by atoms with van der Waals surface area (Å²) < 4.78 is 23.1. The Hall–Kier alpha value is -1.18. The first-order chi connectivity index (χ1) is 9.44. The first kappa shape index (κ1) is 15.2. The molecule has 5 nitrogen and oxygen atoms in total. The number of carboxylic acid groups (broad SMARTS) is 1. The molecule has 0 aromatic carbocycles. The van der Waals surface area contributed by atoms with E-state index in [0.717, 1.165) is 28.9 Å². The highest BCUT2D eigenvalue weighted by Crippen LogP contribution is 2.20. The van der Waals surface area contributed by atoms with E-state index in [-0.39, 0.29) is 11.5 Å². The lowest BCUT2D eigenvalue weighted by Gasteiger charge is -2.17. The predicted molar refractivity (Wildman–Crippen MR) is 79.5 cm³/mol. The summed E-state index contributed by atoms with van der Waals surface area (Å²) in [5, 5.41) is 8.58. The molecule has 2 rings (SSSR count). The number of nitrogens with zero attached hydrogens (tertiary/aromatic N) is 1. The zero-order chi connectivity index (χ0) is 14.6. The van der Waals surface area contributed by atoms with Gasteiger partial charge in [0.1, 0.15) is 0 Å². The molecule has 0 amide bonds. The predicted octanol–water partition coefficient (Wildman–Crippen LogP) is 1.47. The Morgan fingerprint density at radius 1 is 1.35 bits per heavy atom. The fraction of sp³-hybridized carbons (Fsp3) is 0.462. The summed E-state index contributed by atoms with van der Waals surface area (Å²) in [5.41, 5.74) is 0. The van der Waals surface area contributed by atoms with Crippen molar-refractivity contribution >= 4 is 33.2 Å². The van der Waals surface area contributed by atoms with Crippen molar-refractivity contribution in [3.63, 3.8) is 0 Å². The molecule has 0 atom stereocenters. The molecule has 1 aliphatic heterocycles. The number of carbonyl (C=O) groups is 1. The molecule has 7 heteroatoms. The van der Waals surface area contributed by atoms with Crippen LogP contribution in [0.4, 0.5) is 0 Å².